The van der Waals surface area contributed by atoms with Crippen LogP contribution >= 0.6 is 11.3 Å². The fourth-order valence-electron chi connectivity index (χ4n) is 5.37. The molecule has 1 aromatic heterocycles. The van der Waals surface area contributed by atoms with Gasteiger partial charge in [-0.05, 0) is 73.2 Å². The van der Waals surface area contributed by atoms with Crippen LogP contribution in [0.15, 0.2) is 60.7 Å². The predicted molar refractivity (Wildman–Crippen MR) is 153 cm³/mol. The van der Waals surface area contributed by atoms with Crippen molar-refractivity contribution in [1.29, 1.82) is 0 Å². The Morgan fingerprint density at radius 2 is 1.03 bits per heavy atom. The fourth-order valence-corrected chi connectivity index (χ4v) is 6.38. The highest BCUT2D eigenvalue weighted by Crippen LogP contribution is 2.35. The number of hydrogen-bond acceptors (Lipinski definition) is 5. The van der Waals surface area contributed by atoms with Gasteiger partial charge in [-0.3, -0.25) is 19.2 Å². The number of thiophene rings is 1. The van der Waals surface area contributed by atoms with Gasteiger partial charge >= 0.3 is 0 Å². The molecule has 2 atom stereocenters. The molecule has 8 nitrogen and oxygen atoms in total. The van der Waals surface area contributed by atoms with E-state index in [1.807, 2.05) is 48.5 Å². The highest BCUT2D eigenvalue weighted by atomic mass is 32.1. The minimum Gasteiger partial charge on any atom is -0.331 e. The van der Waals surface area contributed by atoms with Crippen LogP contribution in [0, 0.1) is 0 Å². The van der Waals surface area contributed by atoms with E-state index in [0.717, 1.165) is 33.7 Å². The average molecular weight is 545 g/mol. The van der Waals surface area contributed by atoms with E-state index < -0.39 is 12.1 Å². The number of rotatable bonds is 6. The molecule has 3 aromatic rings. The van der Waals surface area contributed by atoms with Crippen molar-refractivity contribution in [3.63, 3.8) is 0 Å². The van der Waals surface area contributed by atoms with Crippen molar-refractivity contribution in [2.75, 3.05) is 23.7 Å². The highest BCUT2D eigenvalue weighted by molar-refractivity contribution is 7.18. The third kappa shape index (κ3) is 5.88. The van der Waals surface area contributed by atoms with Gasteiger partial charge in [0, 0.05) is 48.1 Å². The number of nitrogens with one attached hydrogen (secondary N) is 2. The Balaban J connectivity index is 1.20. The van der Waals surface area contributed by atoms with E-state index in [1.165, 1.54) is 13.8 Å². The van der Waals surface area contributed by atoms with Gasteiger partial charge in [-0.2, -0.15) is 0 Å². The van der Waals surface area contributed by atoms with Crippen LogP contribution in [0.25, 0.3) is 20.9 Å². The first-order chi connectivity index (χ1) is 18.8. The van der Waals surface area contributed by atoms with E-state index in [2.05, 4.69) is 22.8 Å². The molecule has 0 saturated carbocycles. The van der Waals surface area contributed by atoms with Gasteiger partial charge in [0.05, 0.1) is 0 Å². The van der Waals surface area contributed by atoms with Crippen molar-refractivity contribution < 1.29 is 19.2 Å². The second-order valence-corrected chi connectivity index (χ2v) is 11.1. The van der Waals surface area contributed by atoms with Gasteiger partial charge in [-0.1, -0.05) is 24.3 Å². The van der Waals surface area contributed by atoms with Gasteiger partial charge < -0.3 is 20.4 Å². The minimum atomic E-state index is -0.403. The van der Waals surface area contributed by atoms with Gasteiger partial charge in [0.2, 0.25) is 23.6 Å². The summed E-state index contributed by atoms with van der Waals surface area (Å²) >= 11 is 1.66. The van der Waals surface area contributed by atoms with Crippen molar-refractivity contribution in [2.45, 2.75) is 51.6 Å². The summed E-state index contributed by atoms with van der Waals surface area (Å²) in [6.45, 7) is 4.27. The van der Waals surface area contributed by atoms with E-state index in [1.54, 1.807) is 21.1 Å². The number of anilines is 2. The number of likely N-dealkylation sites (tertiary alicyclic amines) is 2. The van der Waals surface area contributed by atoms with Crippen LogP contribution < -0.4 is 10.6 Å². The first-order valence-electron chi connectivity index (χ1n) is 13.3. The van der Waals surface area contributed by atoms with Crippen LogP contribution in [0.5, 0.6) is 0 Å². The van der Waals surface area contributed by atoms with Gasteiger partial charge in [0.25, 0.3) is 0 Å². The quantitative estimate of drug-likeness (QED) is 0.457. The SMILES string of the molecule is CC(=O)N1CCCC1C(=O)Nc1ccc(-c2ccc(-c3ccc(NC(=O)C4CCCN4C(C)=O)cc3)s2)cc1. The Hall–Kier alpha value is -3.98. The van der Waals surface area contributed by atoms with E-state index in [-0.39, 0.29) is 23.6 Å². The van der Waals surface area contributed by atoms with E-state index in [9.17, 15) is 19.2 Å². The lowest BCUT2D eigenvalue weighted by Crippen LogP contribution is -2.42. The van der Waals surface area contributed by atoms with Crippen molar-refractivity contribution in [2.24, 2.45) is 0 Å². The number of carbonyl (C=O) groups excluding carboxylic acids is 4. The van der Waals surface area contributed by atoms with Crippen LogP contribution in [0.4, 0.5) is 11.4 Å². The number of carbonyl (C=O) groups is 4. The van der Waals surface area contributed by atoms with Gasteiger partial charge in [-0.25, -0.2) is 0 Å². The maximum atomic E-state index is 12.7. The minimum absolute atomic E-state index is 0.0685. The first kappa shape index (κ1) is 26.6. The van der Waals surface area contributed by atoms with E-state index in [0.29, 0.717) is 37.3 Å². The second-order valence-electron chi connectivity index (χ2n) is 10.0. The maximum Gasteiger partial charge on any atom is 0.247 e. The molecule has 2 aliphatic rings. The summed E-state index contributed by atoms with van der Waals surface area (Å²) in [4.78, 5) is 54.4. The lowest BCUT2D eigenvalue weighted by Gasteiger charge is -2.22. The third-order valence-corrected chi connectivity index (χ3v) is 8.58. The van der Waals surface area contributed by atoms with Crippen LogP contribution in [0.1, 0.15) is 39.5 Å². The number of benzene rings is 2. The molecule has 2 aliphatic heterocycles. The molecule has 2 saturated heterocycles. The molecule has 0 spiro atoms. The average Bonchev–Trinajstić information content (AvgIpc) is 3.70. The first-order valence-corrected chi connectivity index (χ1v) is 14.1. The van der Waals surface area contributed by atoms with E-state index >= 15 is 0 Å². The molecular formula is C30H32N4O4S. The molecule has 0 aliphatic carbocycles. The molecule has 5 rings (SSSR count). The van der Waals surface area contributed by atoms with Crippen LogP contribution in [0.3, 0.4) is 0 Å². The predicted octanol–water partition coefficient (Wildman–Crippen LogP) is 4.98. The zero-order valence-electron chi connectivity index (χ0n) is 22.1. The molecule has 2 N–H and O–H groups in total. The fraction of sp³-hybridized carbons (Fsp3) is 0.333. The third-order valence-electron chi connectivity index (χ3n) is 7.40. The summed E-state index contributed by atoms with van der Waals surface area (Å²) in [5, 5.41) is 5.89. The van der Waals surface area contributed by atoms with Crippen LogP contribution in [-0.2, 0) is 19.2 Å². The van der Waals surface area contributed by atoms with Crippen molar-refractivity contribution >= 4 is 46.3 Å². The van der Waals surface area contributed by atoms with Crippen LogP contribution in [-0.4, -0.2) is 58.6 Å². The van der Waals surface area contributed by atoms with Crippen molar-refractivity contribution in [3.05, 3.63) is 60.7 Å². The van der Waals surface area contributed by atoms with Gasteiger partial charge in [0.1, 0.15) is 12.1 Å². The van der Waals surface area contributed by atoms with Crippen molar-refractivity contribution in [3.8, 4) is 20.9 Å². The molecule has 202 valence electrons. The highest BCUT2D eigenvalue weighted by Gasteiger charge is 2.33. The smallest absolute Gasteiger partial charge is 0.247 e. The molecule has 3 heterocycles. The Morgan fingerprint density at radius 1 is 0.641 bits per heavy atom. The van der Waals surface area contributed by atoms with Crippen LogP contribution in [0.2, 0.25) is 0 Å². The summed E-state index contributed by atoms with van der Waals surface area (Å²) in [5.74, 6) is -0.428. The molecule has 4 amide bonds. The Labute approximate surface area is 232 Å². The molecule has 2 fully saturated rings. The van der Waals surface area contributed by atoms with Gasteiger partial charge in [-0.15, -0.1) is 11.3 Å². The number of nitrogens with zero attached hydrogens (tertiary/aromatic N) is 2. The standard InChI is InChI=1S/C30H32N4O4S/c1-19(35)33-17-3-5-25(33)29(37)31-23-11-7-21(8-12-23)27-15-16-28(39-27)22-9-13-24(14-10-22)32-30(38)26-6-4-18-34(26)20(2)36/h7-16,25-26H,3-6,17-18H2,1-2H3,(H,31,37)(H,32,38). The molecule has 2 aromatic carbocycles. The zero-order chi connectivity index (χ0) is 27.5. The maximum absolute atomic E-state index is 12.7. The van der Waals surface area contributed by atoms with Gasteiger partial charge in [0.15, 0.2) is 0 Å². The normalized spacial score (nSPS) is 18.7. The molecular weight excluding hydrogens is 512 g/mol. The second kappa shape index (κ2) is 11.4. The summed E-state index contributed by atoms with van der Waals surface area (Å²) in [6.07, 6.45) is 3.06. The topological polar surface area (TPSA) is 98.8 Å². The molecule has 2 unspecified atom stereocenters. The summed E-state index contributed by atoms with van der Waals surface area (Å²) in [7, 11) is 0. The summed E-state index contributed by atoms with van der Waals surface area (Å²) < 4.78 is 0. The summed E-state index contributed by atoms with van der Waals surface area (Å²) in [6, 6.07) is 18.8. The number of amides is 4. The van der Waals surface area contributed by atoms with E-state index in [4.69, 9.17) is 0 Å². The largest absolute Gasteiger partial charge is 0.331 e. The molecule has 39 heavy (non-hydrogen) atoms. The molecule has 0 bridgehead atoms. The monoisotopic (exact) mass is 544 g/mol. The Kier molecular flexibility index (Phi) is 7.79. The Morgan fingerprint density at radius 3 is 1.38 bits per heavy atom. The summed E-state index contributed by atoms with van der Waals surface area (Å²) in [5.41, 5.74) is 3.51. The lowest BCUT2D eigenvalue weighted by atomic mass is 10.1. The lowest BCUT2D eigenvalue weighted by molar-refractivity contribution is -0.134. The molecule has 9 heteroatoms. The van der Waals surface area contributed by atoms with Crippen molar-refractivity contribution in [1.82, 2.24) is 9.80 Å². The number of hydrogen-bond donors (Lipinski definition) is 2. The zero-order valence-corrected chi connectivity index (χ0v) is 22.9. The Bertz CT molecular complexity index is 1280. The molecule has 0 radical (unpaired) electrons.